The van der Waals surface area contributed by atoms with E-state index in [1.54, 1.807) is 12.0 Å². The Labute approximate surface area is 188 Å². The molecule has 0 N–H and O–H groups in total. The zero-order valence-electron chi connectivity index (χ0n) is 17.6. The smallest absolute Gasteiger partial charge is 0.266 e. The number of amides is 2. The van der Waals surface area contributed by atoms with Crippen molar-refractivity contribution in [2.24, 2.45) is 0 Å². The molecule has 0 unspecified atom stereocenters. The summed E-state index contributed by atoms with van der Waals surface area (Å²) >= 11 is 6.75. The normalized spacial score (nSPS) is 19.1. The van der Waals surface area contributed by atoms with Crippen molar-refractivity contribution in [1.82, 2.24) is 14.7 Å². The predicted molar refractivity (Wildman–Crippen MR) is 125 cm³/mol. The molecule has 30 heavy (non-hydrogen) atoms. The van der Waals surface area contributed by atoms with Crippen LogP contribution < -0.4 is 4.74 Å². The third-order valence-electron chi connectivity index (χ3n) is 5.42. The van der Waals surface area contributed by atoms with E-state index in [1.807, 2.05) is 35.2 Å². The average Bonchev–Trinajstić information content (AvgIpc) is 3.01. The largest absolute Gasteiger partial charge is 0.497 e. The Bertz CT molecular complexity index is 802. The van der Waals surface area contributed by atoms with Crippen LogP contribution in [0.5, 0.6) is 5.75 Å². The Kier molecular flexibility index (Phi) is 8.30. The average molecular weight is 448 g/mol. The summed E-state index contributed by atoms with van der Waals surface area (Å²) in [6.45, 7) is 4.15. The molecular formula is C22H29N3O3S2. The molecule has 2 aliphatic heterocycles. The maximum atomic E-state index is 12.7. The lowest BCUT2D eigenvalue weighted by atomic mass is 10.1. The molecule has 2 fully saturated rings. The number of unbranched alkanes of at least 4 members (excludes halogenated alkanes) is 2. The molecule has 1 aromatic rings. The van der Waals surface area contributed by atoms with Crippen molar-refractivity contribution < 1.29 is 14.3 Å². The van der Waals surface area contributed by atoms with Gasteiger partial charge in [0.1, 0.15) is 10.1 Å². The first-order valence-electron chi connectivity index (χ1n) is 10.3. The van der Waals surface area contributed by atoms with Gasteiger partial charge >= 0.3 is 0 Å². The number of thiocarbonyl (C=S) groups is 1. The number of hydrogen-bond acceptors (Lipinski definition) is 6. The minimum Gasteiger partial charge on any atom is -0.497 e. The predicted octanol–water partition coefficient (Wildman–Crippen LogP) is 3.23. The van der Waals surface area contributed by atoms with Crippen molar-refractivity contribution in [2.75, 3.05) is 46.9 Å². The van der Waals surface area contributed by atoms with Crippen LogP contribution in [0.15, 0.2) is 29.2 Å². The zero-order chi connectivity index (χ0) is 21.5. The van der Waals surface area contributed by atoms with E-state index in [0.29, 0.717) is 22.2 Å². The number of piperazine rings is 1. The van der Waals surface area contributed by atoms with E-state index in [-0.39, 0.29) is 11.8 Å². The van der Waals surface area contributed by atoms with Crippen LogP contribution in [0.4, 0.5) is 0 Å². The van der Waals surface area contributed by atoms with Crippen LogP contribution in [-0.2, 0) is 9.59 Å². The lowest BCUT2D eigenvalue weighted by molar-refractivity contribution is -0.133. The van der Waals surface area contributed by atoms with Crippen LogP contribution in [0.2, 0.25) is 0 Å². The Morgan fingerprint density at radius 3 is 2.50 bits per heavy atom. The van der Waals surface area contributed by atoms with E-state index in [2.05, 4.69) is 11.9 Å². The van der Waals surface area contributed by atoms with Gasteiger partial charge in [0.2, 0.25) is 5.91 Å². The number of carbonyl (C=O) groups is 2. The van der Waals surface area contributed by atoms with E-state index in [4.69, 9.17) is 17.0 Å². The number of thioether (sulfide) groups is 1. The summed E-state index contributed by atoms with van der Waals surface area (Å²) in [5.74, 6) is 0.997. The van der Waals surface area contributed by atoms with Gasteiger partial charge in [-0.3, -0.25) is 14.5 Å². The first-order valence-corrected chi connectivity index (χ1v) is 11.6. The van der Waals surface area contributed by atoms with Gasteiger partial charge in [-0.25, -0.2) is 0 Å². The molecule has 6 nitrogen and oxygen atoms in total. The highest BCUT2D eigenvalue weighted by Gasteiger charge is 2.31. The van der Waals surface area contributed by atoms with Gasteiger partial charge in [0.05, 0.1) is 12.0 Å². The van der Waals surface area contributed by atoms with Gasteiger partial charge < -0.3 is 14.5 Å². The Morgan fingerprint density at radius 2 is 1.83 bits per heavy atom. The molecule has 0 radical (unpaired) electrons. The molecular weight excluding hydrogens is 418 g/mol. The molecule has 162 valence electrons. The third-order valence-corrected chi connectivity index (χ3v) is 6.79. The molecule has 0 bridgehead atoms. The maximum absolute atomic E-state index is 12.7. The molecule has 3 rings (SSSR count). The van der Waals surface area contributed by atoms with E-state index >= 15 is 0 Å². The highest BCUT2D eigenvalue weighted by atomic mass is 32.2. The van der Waals surface area contributed by atoms with Gasteiger partial charge in [-0.2, -0.15) is 0 Å². The lowest BCUT2D eigenvalue weighted by Crippen LogP contribution is -2.47. The first-order chi connectivity index (χ1) is 14.5. The fourth-order valence-electron chi connectivity index (χ4n) is 3.48. The number of methoxy groups -OCH3 is 1. The van der Waals surface area contributed by atoms with E-state index < -0.39 is 0 Å². The zero-order valence-corrected chi connectivity index (χ0v) is 19.3. The number of hydrogen-bond donors (Lipinski definition) is 0. The van der Waals surface area contributed by atoms with Crippen molar-refractivity contribution in [1.29, 1.82) is 0 Å². The summed E-state index contributed by atoms with van der Waals surface area (Å²) in [5, 5.41) is 0. The molecule has 8 heteroatoms. The van der Waals surface area contributed by atoms with Crippen LogP contribution in [0.3, 0.4) is 0 Å². The fourth-order valence-corrected chi connectivity index (χ4v) is 4.79. The molecule has 2 heterocycles. The number of ether oxygens (including phenoxy) is 1. The highest BCUT2D eigenvalue weighted by Crippen LogP contribution is 2.33. The second-order valence-corrected chi connectivity index (χ2v) is 9.28. The van der Waals surface area contributed by atoms with Crippen LogP contribution in [0, 0.1) is 0 Å². The van der Waals surface area contributed by atoms with Gasteiger partial charge in [0, 0.05) is 39.1 Å². The molecule has 0 saturated carbocycles. The summed E-state index contributed by atoms with van der Waals surface area (Å²) < 4.78 is 5.77. The van der Waals surface area contributed by atoms with Gasteiger partial charge in [-0.1, -0.05) is 42.5 Å². The molecule has 0 aromatic heterocycles. The topological polar surface area (TPSA) is 53.1 Å². The first kappa shape index (κ1) is 22.8. The molecule has 0 atom stereocenters. The van der Waals surface area contributed by atoms with Gasteiger partial charge in [0.15, 0.2) is 0 Å². The third kappa shape index (κ3) is 6.06. The van der Waals surface area contributed by atoms with Gasteiger partial charge in [-0.05, 0) is 43.7 Å². The summed E-state index contributed by atoms with van der Waals surface area (Å²) in [7, 11) is 3.71. The van der Waals surface area contributed by atoms with E-state index in [0.717, 1.165) is 56.8 Å². The Hall–Kier alpha value is -1.90. The standard InChI is InChI=1S/C22H29N3O3S2/c1-23-12-14-24(15-13-23)20(26)6-4-3-5-11-25-21(27)19(30-22(25)29)16-17-7-9-18(28-2)10-8-17/h7-10,16H,3-6,11-15H2,1-2H3. The lowest BCUT2D eigenvalue weighted by Gasteiger charge is -2.32. The van der Waals surface area contributed by atoms with Crippen LogP contribution >= 0.6 is 24.0 Å². The minimum absolute atomic E-state index is 0.0330. The number of nitrogens with zero attached hydrogens (tertiary/aromatic N) is 3. The summed E-state index contributed by atoms with van der Waals surface area (Å²) in [6, 6.07) is 7.58. The summed E-state index contributed by atoms with van der Waals surface area (Å²) in [5.41, 5.74) is 0.943. The fraction of sp³-hybridized carbons (Fsp3) is 0.500. The number of likely N-dealkylation sites (N-methyl/N-ethyl adjacent to an activating group) is 1. The van der Waals surface area contributed by atoms with Gasteiger partial charge in [-0.15, -0.1) is 0 Å². The van der Waals surface area contributed by atoms with E-state index in [9.17, 15) is 9.59 Å². The Morgan fingerprint density at radius 1 is 1.13 bits per heavy atom. The number of rotatable bonds is 8. The minimum atomic E-state index is -0.0330. The van der Waals surface area contributed by atoms with Crippen molar-refractivity contribution in [3.8, 4) is 5.75 Å². The second kappa shape index (κ2) is 10.9. The van der Waals surface area contributed by atoms with Crippen molar-refractivity contribution in [3.63, 3.8) is 0 Å². The van der Waals surface area contributed by atoms with Crippen LogP contribution in [0.25, 0.3) is 6.08 Å². The molecule has 2 aliphatic rings. The van der Waals surface area contributed by atoms with E-state index in [1.165, 1.54) is 11.8 Å². The summed E-state index contributed by atoms with van der Waals surface area (Å²) in [4.78, 5) is 31.5. The monoisotopic (exact) mass is 447 g/mol. The SMILES string of the molecule is COc1ccc(C=C2SC(=S)N(CCCCCC(=O)N3CCN(C)CC3)C2=O)cc1. The molecule has 0 aliphatic carbocycles. The van der Waals surface area contributed by atoms with Crippen molar-refractivity contribution in [3.05, 3.63) is 34.7 Å². The second-order valence-electron chi connectivity index (χ2n) is 7.60. The van der Waals surface area contributed by atoms with Crippen LogP contribution in [0.1, 0.15) is 31.2 Å². The number of carbonyl (C=O) groups excluding carboxylic acids is 2. The number of benzene rings is 1. The van der Waals surface area contributed by atoms with Crippen LogP contribution in [-0.4, -0.2) is 77.7 Å². The highest BCUT2D eigenvalue weighted by molar-refractivity contribution is 8.26. The van der Waals surface area contributed by atoms with Crippen molar-refractivity contribution >= 4 is 46.2 Å². The summed E-state index contributed by atoms with van der Waals surface area (Å²) in [6.07, 6.45) is 5.06. The quantitative estimate of drug-likeness (QED) is 0.347. The molecule has 2 saturated heterocycles. The van der Waals surface area contributed by atoms with Crippen molar-refractivity contribution in [2.45, 2.75) is 25.7 Å². The molecule has 2 amide bonds. The van der Waals surface area contributed by atoms with Gasteiger partial charge in [0.25, 0.3) is 5.91 Å². The Balaban J connectivity index is 1.41. The molecule has 0 spiro atoms. The maximum Gasteiger partial charge on any atom is 0.266 e. The molecule has 1 aromatic carbocycles.